The Labute approximate surface area is 177 Å². The number of halogens is 1. The molecule has 30 heavy (non-hydrogen) atoms. The molecule has 1 unspecified atom stereocenters. The van der Waals surface area contributed by atoms with E-state index in [-0.39, 0.29) is 17.3 Å². The molecule has 2 aliphatic heterocycles. The van der Waals surface area contributed by atoms with Crippen LogP contribution in [-0.4, -0.2) is 106 Å². The zero-order chi connectivity index (χ0) is 21.9. The number of hydrogen-bond acceptors (Lipinski definition) is 6. The van der Waals surface area contributed by atoms with E-state index in [0.717, 1.165) is 0 Å². The van der Waals surface area contributed by atoms with Crippen LogP contribution in [0.2, 0.25) is 0 Å². The fourth-order valence-corrected chi connectivity index (χ4v) is 5.63. The van der Waals surface area contributed by atoms with Gasteiger partial charge in [0.05, 0.1) is 17.2 Å². The van der Waals surface area contributed by atoms with Crippen LogP contribution in [0.1, 0.15) is 6.42 Å². The molecule has 0 spiro atoms. The van der Waals surface area contributed by atoms with Crippen LogP contribution in [0.15, 0.2) is 24.3 Å². The minimum Gasteiger partial charge on any atom is -0.366 e. The Morgan fingerprint density at radius 3 is 2.33 bits per heavy atom. The molecular formula is C20H29FN4O4S. The Kier molecular flexibility index (Phi) is 6.97. The average Bonchev–Trinajstić information content (AvgIpc) is 3.07. The molecule has 2 amide bonds. The van der Waals surface area contributed by atoms with Crippen molar-refractivity contribution in [2.24, 2.45) is 0 Å². The van der Waals surface area contributed by atoms with Gasteiger partial charge >= 0.3 is 11.8 Å². The zero-order valence-corrected chi connectivity index (χ0v) is 18.3. The van der Waals surface area contributed by atoms with Crippen LogP contribution < -0.4 is 4.90 Å². The average molecular weight is 441 g/mol. The summed E-state index contributed by atoms with van der Waals surface area (Å²) in [7, 11) is 0.538. The predicted molar refractivity (Wildman–Crippen MR) is 113 cm³/mol. The first-order valence-electron chi connectivity index (χ1n) is 10.1. The predicted octanol–water partition coefficient (Wildman–Crippen LogP) is 0.0516. The van der Waals surface area contributed by atoms with E-state index in [1.807, 2.05) is 23.9 Å². The van der Waals surface area contributed by atoms with Crippen LogP contribution in [0.4, 0.5) is 10.1 Å². The number of sulfone groups is 1. The van der Waals surface area contributed by atoms with Gasteiger partial charge in [-0.2, -0.15) is 0 Å². The van der Waals surface area contributed by atoms with E-state index in [0.29, 0.717) is 51.4 Å². The molecule has 1 atom stereocenters. The van der Waals surface area contributed by atoms with E-state index in [2.05, 4.69) is 0 Å². The number of hydrogen-bond donors (Lipinski definition) is 0. The third kappa shape index (κ3) is 5.28. The number of carbonyl (C=O) groups is 2. The molecule has 0 N–H and O–H groups in total. The van der Waals surface area contributed by atoms with E-state index in [1.54, 1.807) is 18.2 Å². The first-order valence-corrected chi connectivity index (χ1v) is 11.9. The molecule has 0 saturated carbocycles. The van der Waals surface area contributed by atoms with E-state index >= 15 is 0 Å². The summed E-state index contributed by atoms with van der Waals surface area (Å²) in [6.45, 7) is 2.31. The fourth-order valence-electron chi connectivity index (χ4n) is 3.90. The number of carbonyl (C=O) groups excluding carboxylic acids is 2. The van der Waals surface area contributed by atoms with Crippen LogP contribution in [0.25, 0.3) is 0 Å². The quantitative estimate of drug-likeness (QED) is 0.602. The minimum atomic E-state index is -3.18. The Morgan fingerprint density at radius 2 is 1.77 bits per heavy atom. The molecule has 8 nitrogen and oxygen atoms in total. The number of piperazine rings is 1. The lowest BCUT2D eigenvalue weighted by Gasteiger charge is -2.37. The van der Waals surface area contributed by atoms with Crippen molar-refractivity contribution in [2.75, 3.05) is 69.8 Å². The summed E-state index contributed by atoms with van der Waals surface area (Å²) < 4.78 is 37.8. The molecule has 166 valence electrons. The normalized spacial score (nSPS) is 21.1. The molecule has 1 aromatic carbocycles. The van der Waals surface area contributed by atoms with Crippen LogP contribution >= 0.6 is 0 Å². The first-order chi connectivity index (χ1) is 14.2. The van der Waals surface area contributed by atoms with E-state index < -0.39 is 27.7 Å². The van der Waals surface area contributed by atoms with Crippen molar-refractivity contribution in [3.8, 4) is 0 Å². The number of likely N-dealkylation sites (N-methyl/N-ethyl adjacent to an activating group) is 1. The lowest BCUT2D eigenvalue weighted by atomic mass is 10.2. The summed E-state index contributed by atoms with van der Waals surface area (Å²) in [5.41, 5.74) is 0.486. The molecule has 2 saturated heterocycles. The lowest BCUT2D eigenvalue weighted by Crippen LogP contribution is -2.56. The van der Waals surface area contributed by atoms with Crippen LogP contribution in [-0.2, 0) is 19.4 Å². The lowest BCUT2D eigenvalue weighted by molar-refractivity contribution is -0.153. The van der Waals surface area contributed by atoms with Gasteiger partial charge < -0.3 is 19.6 Å². The van der Waals surface area contributed by atoms with E-state index in [4.69, 9.17) is 0 Å². The molecule has 0 aromatic heterocycles. The summed E-state index contributed by atoms with van der Waals surface area (Å²) in [4.78, 5) is 32.6. The summed E-state index contributed by atoms with van der Waals surface area (Å²) in [6.07, 6.45) is 0.357. The van der Waals surface area contributed by atoms with Gasteiger partial charge in [-0.3, -0.25) is 9.59 Å². The number of amides is 2. The molecule has 0 radical (unpaired) electrons. The Balaban J connectivity index is 1.65. The van der Waals surface area contributed by atoms with E-state index in [9.17, 15) is 22.4 Å². The largest absolute Gasteiger partial charge is 0.366 e. The van der Waals surface area contributed by atoms with Crippen molar-refractivity contribution in [1.29, 1.82) is 0 Å². The number of nitrogens with zero attached hydrogens (tertiary/aromatic N) is 4. The molecule has 2 aliphatic rings. The van der Waals surface area contributed by atoms with Gasteiger partial charge in [0, 0.05) is 45.3 Å². The highest BCUT2D eigenvalue weighted by Crippen LogP contribution is 2.21. The maximum Gasteiger partial charge on any atom is 0.312 e. The van der Waals surface area contributed by atoms with Gasteiger partial charge in [-0.25, -0.2) is 12.8 Å². The Morgan fingerprint density at radius 1 is 1.10 bits per heavy atom. The second-order valence-corrected chi connectivity index (χ2v) is 10.3. The van der Waals surface area contributed by atoms with Crippen molar-refractivity contribution in [2.45, 2.75) is 12.5 Å². The molecule has 2 heterocycles. The molecular weight excluding hydrogens is 411 g/mol. The third-order valence-corrected chi connectivity index (χ3v) is 7.39. The number of anilines is 1. The Bertz CT molecular complexity index is 885. The maximum absolute atomic E-state index is 14.0. The van der Waals surface area contributed by atoms with Crippen molar-refractivity contribution in [3.63, 3.8) is 0 Å². The molecule has 1 aromatic rings. The van der Waals surface area contributed by atoms with Gasteiger partial charge in [0.2, 0.25) is 0 Å². The molecule has 0 aliphatic carbocycles. The summed E-state index contributed by atoms with van der Waals surface area (Å²) in [6, 6.07) is 6.02. The molecule has 10 heteroatoms. The first kappa shape index (κ1) is 22.5. The second-order valence-electron chi connectivity index (χ2n) is 8.09. The van der Waals surface area contributed by atoms with Gasteiger partial charge in [0.25, 0.3) is 0 Å². The van der Waals surface area contributed by atoms with Gasteiger partial charge in [-0.05, 0) is 32.6 Å². The maximum atomic E-state index is 14.0. The van der Waals surface area contributed by atoms with E-state index in [1.165, 1.54) is 15.9 Å². The van der Waals surface area contributed by atoms with Gasteiger partial charge in [-0.1, -0.05) is 12.1 Å². The highest BCUT2D eigenvalue weighted by molar-refractivity contribution is 7.91. The SMILES string of the molecule is CN(C)CCN(C(=O)C(=O)N1CCN(c2ccccc2F)CC1)C1CCS(=O)(=O)C1. The summed E-state index contributed by atoms with van der Waals surface area (Å²) in [5.74, 6) is -1.64. The van der Waals surface area contributed by atoms with Crippen molar-refractivity contribution >= 4 is 27.3 Å². The third-order valence-electron chi connectivity index (χ3n) is 5.64. The van der Waals surface area contributed by atoms with Crippen molar-refractivity contribution in [1.82, 2.24) is 14.7 Å². The summed E-state index contributed by atoms with van der Waals surface area (Å²) in [5, 5.41) is 0. The number of benzene rings is 1. The Hall–Kier alpha value is -2.20. The monoisotopic (exact) mass is 440 g/mol. The fraction of sp³-hybridized carbons (Fsp3) is 0.600. The molecule has 0 bridgehead atoms. The minimum absolute atomic E-state index is 0.0406. The van der Waals surface area contributed by atoms with Gasteiger partial charge in [-0.15, -0.1) is 0 Å². The van der Waals surface area contributed by atoms with Crippen molar-refractivity contribution < 1.29 is 22.4 Å². The van der Waals surface area contributed by atoms with Crippen LogP contribution in [0.3, 0.4) is 0 Å². The summed E-state index contributed by atoms with van der Waals surface area (Å²) >= 11 is 0. The smallest absolute Gasteiger partial charge is 0.312 e. The highest BCUT2D eigenvalue weighted by Gasteiger charge is 2.38. The molecule has 3 rings (SSSR count). The van der Waals surface area contributed by atoms with Gasteiger partial charge in [0.15, 0.2) is 9.84 Å². The number of para-hydroxylation sites is 1. The molecule has 2 fully saturated rings. The van der Waals surface area contributed by atoms with Crippen LogP contribution in [0.5, 0.6) is 0 Å². The topological polar surface area (TPSA) is 81.2 Å². The zero-order valence-electron chi connectivity index (χ0n) is 17.5. The highest BCUT2D eigenvalue weighted by atomic mass is 32.2. The van der Waals surface area contributed by atoms with Crippen molar-refractivity contribution in [3.05, 3.63) is 30.1 Å². The van der Waals surface area contributed by atoms with Gasteiger partial charge in [0.1, 0.15) is 5.82 Å². The standard InChI is InChI=1S/C20H29FN4O4S/c1-22(2)8-13-25(16-7-14-30(28,29)15-16)20(27)19(26)24-11-9-23(10-12-24)18-6-4-3-5-17(18)21/h3-6,16H,7-15H2,1-2H3. The number of rotatable bonds is 5. The van der Waals surface area contributed by atoms with Crippen LogP contribution in [0, 0.1) is 5.82 Å². The second kappa shape index (κ2) is 9.30.